The summed E-state index contributed by atoms with van der Waals surface area (Å²) in [6.07, 6.45) is 2.96. The maximum Gasteiger partial charge on any atom is 0.0702 e. The van der Waals surface area contributed by atoms with Crippen molar-refractivity contribution in [2.45, 2.75) is 12.3 Å². The predicted molar refractivity (Wildman–Crippen MR) is 108 cm³/mol. The van der Waals surface area contributed by atoms with E-state index in [1.165, 1.54) is 16.7 Å². The van der Waals surface area contributed by atoms with Gasteiger partial charge in [-0.15, -0.1) is 0 Å². The van der Waals surface area contributed by atoms with Gasteiger partial charge in [-0.1, -0.05) is 97.1 Å². The van der Waals surface area contributed by atoms with Gasteiger partial charge in [0.15, 0.2) is 0 Å². The Morgan fingerprint density at radius 2 is 1.12 bits per heavy atom. The number of pyridine rings is 1. The molecule has 4 aromatic rings. The minimum atomic E-state index is 0.335. The average Bonchev–Trinajstić information content (AvgIpc) is 2.74. The molecule has 0 aliphatic carbocycles. The van der Waals surface area contributed by atoms with E-state index in [1.807, 2.05) is 24.4 Å². The summed E-state index contributed by atoms with van der Waals surface area (Å²) in [4.78, 5) is 4.69. The third kappa shape index (κ3) is 3.73. The molecule has 1 aromatic heterocycles. The molecule has 0 atom stereocenters. The van der Waals surface area contributed by atoms with Crippen molar-refractivity contribution in [2.75, 3.05) is 0 Å². The molecule has 0 N–H and O–H groups in total. The highest BCUT2D eigenvalue weighted by atomic mass is 14.7. The molecule has 0 fully saturated rings. The highest BCUT2D eigenvalue weighted by molar-refractivity contribution is 5.58. The Kier molecular flexibility index (Phi) is 4.88. The van der Waals surface area contributed by atoms with Gasteiger partial charge in [0.2, 0.25) is 0 Å². The van der Waals surface area contributed by atoms with E-state index in [0.717, 1.165) is 17.7 Å². The summed E-state index contributed by atoms with van der Waals surface area (Å²) in [6, 6.07) is 36.1. The lowest BCUT2D eigenvalue weighted by Crippen LogP contribution is -2.05. The van der Waals surface area contributed by atoms with Gasteiger partial charge in [0.25, 0.3) is 0 Å². The van der Waals surface area contributed by atoms with Gasteiger partial charge in [-0.2, -0.15) is 0 Å². The monoisotopic (exact) mass is 335 g/mol. The maximum absolute atomic E-state index is 4.69. The zero-order valence-corrected chi connectivity index (χ0v) is 14.6. The Morgan fingerprint density at radius 3 is 1.62 bits per heavy atom. The van der Waals surface area contributed by atoms with Crippen LogP contribution in [-0.4, -0.2) is 4.98 Å². The second kappa shape index (κ2) is 7.79. The first-order chi connectivity index (χ1) is 12.9. The third-order valence-corrected chi connectivity index (χ3v) is 4.74. The van der Waals surface area contributed by atoms with E-state index in [-0.39, 0.29) is 0 Å². The van der Waals surface area contributed by atoms with Crippen molar-refractivity contribution in [3.8, 4) is 11.3 Å². The molecule has 0 aliphatic heterocycles. The van der Waals surface area contributed by atoms with E-state index in [4.69, 9.17) is 0 Å². The largest absolute Gasteiger partial charge is 0.256 e. The van der Waals surface area contributed by atoms with Crippen LogP contribution < -0.4 is 0 Å². The second-order valence-electron chi connectivity index (χ2n) is 6.50. The van der Waals surface area contributed by atoms with Gasteiger partial charge in [-0.25, -0.2) is 0 Å². The highest BCUT2D eigenvalue weighted by Gasteiger charge is 2.15. The van der Waals surface area contributed by atoms with Crippen LogP contribution in [0.15, 0.2) is 109 Å². The Bertz CT molecular complexity index is 890. The standard InChI is InChI=1S/C25H21N/c1-4-10-21(11-5-1)24(22-12-6-2-7-13-22)18-20-16-17-25(26-19-20)23-14-8-3-9-15-23/h1-17,19,24H,18H2. The van der Waals surface area contributed by atoms with Crippen molar-refractivity contribution in [2.24, 2.45) is 0 Å². The first-order valence-electron chi connectivity index (χ1n) is 9.00. The van der Waals surface area contributed by atoms with E-state index in [9.17, 15) is 0 Å². The molecule has 0 radical (unpaired) electrons. The zero-order valence-electron chi connectivity index (χ0n) is 14.6. The quantitative estimate of drug-likeness (QED) is 0.428. The van der Waals surface area contributed by atoms with Gasteiger partial charge >= 0.3 is 0 Å². The summed E-state index contributed by atoms with van der Waals surface area (Å²) in [5, 5.41) is 0. The van der Waals surface area contributed by atoms with E-state index in [1.54, 1.807) is 0 Å². The Morgan fingerprint density at radius 1 is 0.577 bits per heavy atom. The minimum absolute atomic E-state index is 0.335. The molecular weight excluding hydrogens is 314 g/mol. The van der Waals surface area contributed by atoms with E-state index in [2.05, 4.69) is 89.9 Å². The Balaban J connectivity index is 1.62. The van der Waals surface area contributed by atoms with Crippen LogP contribution in [0.5, 0.6) is 0 Å². The topological polar surface area (TPSA) is 12.9 Å². The highest BCUT2D eigenvalue weighted by Crippen LogP contribution is 2.28. The van der Waals surface area contributed by atoms with Gasteiger partial charge in [0.1, 0.15) is 0 Å². The maximum atomic E-state index is 4.69. The predicted octanol–water partition coefficient (Wildman–Crippen LogP) is 6.12. The van der Waals surface area contributed by atoms with Gasteiger partial charge in [0.05, 0.1) is 5.69 Å². The lowest BCUT2D eigenvalue weighted by Gasteiger charge is -2.18. The summed E-state index contributed by atoms with van der Waals surface area (Å²) in [5.41, 5.74) is 6.10. The number of hydrogen-bond acceptors (Lipinski definition) is 1. The fourth-order valence-corrected chi connectivity index (χ4v) is 3.36. The third-order valence-electron chi connectivity index (χ3n) is 4.74. The molecule has 0 saturated heterocycles. The van der Waals surface area contributed by atoms with Crippen LogP contribution >= 0.6 is 0 Å². The van der Waals surface area contributed by atoms with Crippen LogP contribution in [0.3, 0.4) is 0 Å². The minimum Gasteiger partial charge on any atom is -0.256 e. The van der Waals surface area contributed by atoms with E-state index in [0.29, 0.717) is 5.92 Å². The van der Waals surface area contributed by atoms with Gasteiger partial charge < -0.3 is 0 Å². The van der Waals surface area contributed by atoms with Gasteiger partial charge in [-0.3, -0.25) is 4.98 Å². The lowest BCUT2D eigenvalue weighted by molar-refractivity contribution is 0.801. The van der Waals surface area contributed by atoms with Crippen molar-refractivity contribution in [3.63, 3.8) is 0 Å². The van der Waals surface area contributed by atoms with Crippen molar-refractivity contribution in [3.05, 3.63) is 126 Å². The van der Waals surface area contributed by atoms with Crippen LogP contribution in [0.4, 0.5) is 0 Å². The Labute approximate surface area is 155 Å². The molecule has 1 nitrogen and oxygen atoms in total. The summed E-state index contributed by atoms with van der Waals surface area (Å²) >= 11 is 0. The second-order valence-corrected chi connectivity index (χ2v) is 6.50. The van der Waals surface area contributed by atoms with Crippen molar-refractivity contribution < 1.29 is 0 Å². The number of hydrogen-bond donors (Lipinski definition) is 0. The van der Waals surface area contributed by atoms with Crippen LogP contribution in [0.25, 0.3) is 11.3 Å². The zero-order chi connectivity index (χ0) is 17.6. The SMILES string of the molecule is c1ccc(-c2ccc(CC(c3ccccc3)c3ccccc3)cn2)cc1. The molecule has 3 aromatic carbocycles. The van der Waals surface area contributed by atoms with E-state index < -0.39 is 0 Å². The van der Waals surface area contributed by atoms with Crippen LogP contribution in [0, 0.1) is 0 Å². The Hall–Kier alpha value is -3.19. The molecule has 126 valence electrons. The average molecular weight is 335 g/mol. The summed E-state index contributed by atoms with van der Waals surface area (Å²) in [6.45, 7) is 0. The van der Waals surface area contributed by atoms with Crippen LogP contribution in [-0.2, 0) is 6.42 Å². The first kappa shape index (κ1) is 16.3. The van der Waals surface area contributed by atoms with Gasteiger partial charge in [-0.05, 0) is 29.2 Å². The molecule has 1 heterocycles. The first-order valence-corrected chi connectivity index (χ1v) is 9.00. The molecule has 0 amide bonds. The number of aromatic nitrogens is 1. The fraction of sp³-hybridized carbons (Fsp3) is 0.0800. The van der Waals surface area contributed by atoms with Crippen molar-refractivity contribution in [1.82, 2.24) is 4.98 Å². The summed E-state index contributed by atoms with van der Waals surface area (Å²) < 4.78 is 0. The van der Waals surface area contributed by atoms with Crippen LogP contribution in [0.1, 0.15) is 22.6 Å². The van der Waals surface area contributed by atoms with Crippen molar-refractivity contribution in [1.29, 1.82) is 0 Å². The molecule has 0 aliphatic rings. The van der Waals surface area contributed by atoms with E-state index >= 15 is 0 Å². The molecule has 4 rings (SSSR count). The molecule has 0 spiro atoms. The lowest BCUT2D eigenvalue weighted by atomic mass is 9.86. The summed E-state index contributed by atoms with van der Waals surface area (Å²) in [7, 11) is 0. The van der Waals surface area contributed by atoms with Crippen LogP contribution in [0.2, 0.25) is 0 Å². The number of nitrogens with zero attached hydrogens (tertiary/aromatic N) is 1. The smallest absolute Gasteiger partial charge is 0.0702 e. The van der Waals surface area contributed by atoms with Crippen molar-refractivity contribution >= 4 is 0 Å². The molecule has 0 unspecified atom stereocenters. The fourth-order valence-electron chi connectivity index (χ4n) is 3.36. The molecule has 0 bridgehead atoms. The molecule has 1 heteroatoms. The summed E-state index contributed by atoms with van der Waals surface area (Å²) in [5.74, 6) is 0.335. The number of benzene rings is 3. The molecule has 26 heavy (non-hydrogen) atoms. The molecule has 0 saturated carbocycles. The van der Waals surface area contributed by atoms with Gasteiger partial charge in [0, 0.05) is 17.7 Å². The normalized spacial score (nSPS) is 10.8. The number of rotatable bonds is 5. The molecular formula is C25H21N.